The van der Waals surface area contributed by atoms with Gasteiger partial charge in [0.2, 0.25) is 5.13 Å². The van der Waals surface area contributed by atoms with E-state index in [-0.39, 0.29) is 22.7 Å². The van der Waals surface area contributed by atoms with Crippen LogP contribution in [0.1, 0.15) is 11.4 Å². The SMILES string of the molecule is O=c1n(CCF)c2cc(F)ccc2n1-c1nnc(C(F)F)s1. The molecule has 0 spiro atoms. The first kappa shape index (κ1) is 14.7. The monoisotopic (exact) mass is 332 g/mol. The smallest absolute Gasteiger partial charge is 0.289 e. The molecule has 0 unspecified atom stereocenters. The lowest BCUT2D eigenvalue weighted by Gasteiger charge is -1.98. The van der Waals surface area contributed by atoms with E-state index in [1.165, 1.54) is 6.07 Å². The molecule has 0 amide bonds. The molecule has 3 aromatic rings. The quantitative estimate of drug-likeness (QED) is 0.690. The van der Waals surface area contributed by atoms with Gasteiger partial charge in [-0.1, -0.05) is 11.3 Å². The van der Waals surface area contributed by atoms with Crippen molar-refractivity contribution < 1.29 is 17.6 Å². The van der Waals surface area contributed by atoms with Gasteiger partial charge >= 0.3 is 5.69 Å². The second kappa shape index (κ2) is 5.52. The molecule has 1 aromatic carbocycles. The van der Waals surface area contributed by atoms with Crippen LogP contribution in [0.25, 0.3) is 16.2 Å². The van der Waals surface area contributed by atoms with Gasteiger partial charge in [0.15, 0.2) is 5.01 Å². The van der Waals surface area contributed by atoms with Gasteiger partial charge in [-0.3, -0.25) is 4.57 Å². The van der Waals surface area contributed by atoms with Crippen LogP contribution in [-0.2, 0) is 6.54 Å². The third-order valence-electron chi connectivity index (χ3n) is 3.01. The Morgan fingerprint density at radius 1 is 1.23 bits per heavy atom. The minimum absolute atomic E-state index is 0.0745. The van der Waals surface area contributed by atoms with Gasteiger partial charge in [-0.2, -0.15) is 0 Å². The van der Waals surface area contributed by atoms with Crippen LogP contribution in [0.5, 0.6) is 0 Å². The molecule has 0 saturated carbocycles. The summed E-state index contributed by atoms with van der Waals surface area (Å²) in [4.78, 5) is 12.4. The van der Waals surface area contributed by atoms with Gasteiger partial charge in [0.05, 0.1) is 17.6 Å². The molecule has 0 aliphatic heterocycles. The summed E-state index contributed by atoms with van der Waals surface area (Å²) in [6.07, 6.45) is -2.81. The normalized spacial score (nSPS) is 11.7. The lowest BCUT2D eigenvalue weighted by molar-refractivity contribution is 0.150. The van der Waals surface area contributed by atoms with E-state index in [0.717, 1.165) is 21.3 Å². The topological polar surface area (TPSA) is 52.7 Å². The molecule has 0 aliphatic rings. The van der Waals surface area contributed by atoms with E-state index < -0.39 is 29.6 Å². The first-order valence-corrected chi connectivity index (χ1v) is 6.93. The molecule has 0 atom stereocenters. The Kier molecular flexibility index (Phi) is 3.69. The highest BCUT2D eigenvalue weighted by Crippen LogP contribution is 2.26. The van der Waals surface area contributed by atoms with Crippen molar-refractivity contribution in [2.24, 2.45) is 0 Å². The van der Waals surface area contributed by atoms with Gasteiger partial charge in [0.25, 0.3) is 6.43 Å². The second-order valence-electron chi connectivity index (χ2n) is 4.32. The van der Waals surface area contributed by atoms with Crippen LogP contribution in [0.3, 0.4) is 0 Å². The van der Waals surface area contributed by atoms with Gasteiger partial charge in [-0.25, -0.2) is 26.9 Å². The summed E-state index contributed by atoms with van der Waals surface area (Å²) < 4.78 is 53.3. The molecule has 0 saturated heterocycles. The van der Waals surface area contributed by atoms with E-state index in [4.69, 9.17) is 0 Å². The van der Waals surface area contributed by atoms with E-state index in [9.17, 15) is 22.4 Å². The van der Waals surface area contributed by atoms with E-state index in [0.29, 0.717) is 11.3 Å². The number of halogens is 4. The molecule has 10 heteroatoms. The van der Waals surface area contributed by atoms with Crippen molar-refractivity contribution in [1.82, 2.24) is 19.3 Å². The van der Waals surface area contributed by atoms with Gasteiger partial charge in [-0.05, 0) is 18.2 Å². The minimum Gasteiger partial charge on any atom is -0.289 e. The number of hydrogen-bond donors (Lipinski definition) is 0. The van der Waals surface area contributed by atoms with Gasteiger partial charge < -0.3 is 0 Å². The molecule has 0 N–H and O–H groups in total. The van der Waals surface area contributed by atoms with Crippen molar-refractivity contribution in [2.75, 3.05) is 6.67 Å². The minimum atomic E-state index is -2.81. The summed E-state index contributed by atoms with van der Waals surface area (Å²) in [7, 11) is 0. The Labute approximate surface area is 124 Å². The van der Waals surface area contributed by atoms with Crippen LogP contribution in [0.2, 0.25) is 0 Å². The Morgan fingerprint density at radius 3 is 2.64 bits per heavy atom. The number of benzene rings is 1. The Morgan fingerprint density at radius 2 is 2.00 bits per heavy atom. The van der Waals surface area contributed by atoms with Gasteiger partial charge in [0.1, 0.15) is 12.5 Å². The lowest BCUT2D eigenvalue weighted by atomic mass is 10.3. The molecule has 22 heavy (non-hydrogen) atoms. The highest BCUT2D eigenvalue weighted by atomic mass is 32.1. The van der Waals surface area contributed by atoms with Crippen LogP contribution in [0.4, 0.5) is 17.6 Å². The zero-order valence-electron chi connectivity index (χ0n) is 10.8. The van der Waals surface area contributed by atoms with Crippen LogP contribution in [-0.4, -0.2) is 26.0 Å². The number of imidazole rings is 1. The van der Waals surface area contributed by atoms with E-state index in [2.05, 4.69) is 10.2 Å². The fourth-order valence-electron chi connectivity index (χ4n) is 2.12. The molecule has 5 nitrogen and oxygen atoms in total. The number of hydrogen-bond acceptors (Lipinski definition) is 4. The first-order valence-electron chi connectivity index (χ1n) is 6.11. The Balaban J connectivity index is 2.28. The standard InChI is InChI=1S/C12H8F4N4OS/c13-3-4-19-8-5-6(14)1-2-7(8)20(12(19)21)11-18-17-10(22-11)9(15)16/h1-2,5,9H,3-4H2. The highest BCUT2D eigenvalue weighted by molar-refractivity contribution is 7.13. The van der Waals surface area contributed by atoms with Gasteiger partial charge in [-0.15, -0.1) is 10.2 Å². The van der Waals surface area contributed by atoms with Crippen molar-refractivity contribution in [3.05, 3.63) is 39.5 Å². The van der Waals surface area contributed by atoms with Crippen molar-refractivity contribution in [1.29, 1.82) is 0 Å². The molecular weight excluding hydrogens is 324 g/mol. The molecular formula is C12H8F4N4OS. The Bertz CT molecular complexity index is 885. The molecule has 3 rings (SSSR count). The van der Waals surface area contributed by atoms with Crippen molar-refractivity contribution in [2.45, 2.75) is 13.0 Å². The van der Waals surface area contributed by atoms with Gasteiger partial charge in [0, 0.05) is 0 Å². The number of fused-ring (bicyclic) bond motifs is 1. The second-order valence-corrected chi connectivity index (χ2v) is 5.30. The van der Waals surface area contributed by atoms with Crippen LogP contribution >= 0.6 is 11.3 Å². The Hall–Kier alpha value is -2.23. The number of aryl methyl sites for hydroxylation is 1. The molecule has 2 heterocycles. The maximum Gasteiger partial charge on any atom is 0.335 e. The maximum absolute atomic E-state index is 13.4. The van der Waals surface area contributed by atoms with Crippen molar-refractivity contribution >= 4 is 22.4 Å². The lowest BCUT2D eigenvalue weighted by Crippen LogP contribution is -2.23. The van der Waals surface area contributed by atoms with Crippen LogP contribution in [0.15, 0.2) is 23.0 Å². The summed E-state index contributed by atoms with van der Waals surface area (Å²) >= 11 is 0.549. The number of nitrogens with zero attached hydrogens (tertiary/aromatic N) is 4. The summed E-state index contributed by atoms with van der Waals surface area (Å²) in [5, 5.41) is 6.27. The largest absolute Gasteiger partial charge is 0.335 e. The zero-order chi connectivity index (χ0) is 15.9. The zero-order valence-corrected chi connectivity index (χ0v) is 11.7. The summed E-state index contributed by atoms with van der Waals surface area (Å²) in [5.74, 6) is -0.595. The van der Waals surface area contributed by atoms with Crippen molar-refractivity contribution in [3.8, 4) is 5.13 Å². The molecule has 0 fully saturated rings. The third-order valence-corrected chi connectivity index (χ3v) is 3.92. The summed E-state index contributed by atoms with van der Waals surface area (Å²) in [5.41, 5.74) is -0.275. The average molecular weight is 332 g/mol. The predicted octanol–water partition coefficient (Wildman–Crippen LogP) is 2.69. The highest BCUT2D eigenvalue weighted by Gasteiger charge is 2.20. The fourth-order valence-corrected chi connectivity index (χ4v) is 2.83. The number of alkyl halides is 3. The van der Waals surface area contributed by atoms with Crippen LogP contribution < -0.4 is 5.69 Å². The maximum atomic E-state index is 13.4. The molecule has 0 bridgehead atoms. The number of aromatic nitrogens is 4. The number of rotatable bonds is 4. The van der Waals surface area contributed by atoms with E-state index in [1.807, 2.05) is 0 Å². The first-order chi connectivity index (χ1) is 10.5. The average Bonchev–Trinajstić information content (AvgIpc) is 3.04. The predicted molar refractivity (Wildman–Crippen MR) is 71.9 cm³/mol. The summed E-state index contributed by atoms with van der Waals surface area (Å²) in [6.45, 7) is -1.10. The van der Waals surface area contributed by atoms with Crippen LogP contribution in [0, 0.1) is 5.82 Å². The third kappa shape index (κ3) is 2.28. The molecule has 116 valence electrons. The molecule has 0 aliphatic carbocycles. The summed E-state index contributed by atoms with van der Waals surface area (Å²) in [6, 6.07) is 3.51. The molecule has 2 aromatic heterocycles. The van der Waals surface area contributed by atoms with E-state index >= 15 is 0 Å². The fraction of sp³-hybridized carbons (Fsp3) is 0.250. The van der Waals surface area contributed by atoms with E-state index in [1.54, 1.807) is 0 Å². The molecule has 0 radical (unpaired) electrons. The van der Waals surface area contributed by atoms with Crippen molar-refractivity contribution in [3.63, 3.8) is 0 Å².